The van der Waals surface area contributed by atoms with E-state index in [9.17, 15) is 5.11 Å². The Labute approximate surface area is 92.8 Å². The van der Waals surface area contributed by atoms with Gasteiger partial charge in [-0.3, -0.25) is 0 Å². The maximum Gasteiger partial charge on any atom is 0.0499 e. The van der Waals surface area contributed by atoms with Crippen LogP contribution < -0.4 is 5.32 Å². The van der Waals surface area contributed by atoms with Crippen LogP contribution in [0.1, 0.15) is 25.7 Å². The number of aliphatic hydroxyl groups excluding tert-OH is 1. The molecule has 1 aliphatic heterocycles. The Kier molecular flexibility index (Phi) is 3.65. The second-order valence-corrected chi connectivity index (χ2v) is 5.56. The Morgan fingerprint density at radius 1 is 1.47 bits per heavy atom. The van der Waals surface area contributed by atoms with Gasteiger partial charge in [0.15, 0.2) is 0 Å². The molecule has 1 saturated carbocycles. The molecule has 0 aromatic carbocycles. The zero-order valence-corrected chi connectivity index (χ0v) is 9.84. The van der Waals surface area contributed by atoms with Crippen molar-refractivity contribution >= 4 is 0 Å². The molecule has 2 N–H and O–H groups in total. The van der Waals surface area contributed by atoms with Gasteiger partial charge in [0.25, 0.3) is 0 Å². The minimum atomic E-state index is 0.264. The smallest absolute Gasteiger partial charge is 0.0499 e. The highest BCUT2D eigenvalue weighted by Crippen LogP contribution is 2.44. The quantitative estimate of drug-likeness (QED) is 0.704. The fraction of sp³-hybridized carbons (Fsp3) is 1.00. The lowest BCUT2D eigenvalue weighted by atomic mass is 9.98. The molecule has 0 spiro atoms. The fourth-order valence-corrected chi connectivity index (χ4v) is 2.55. The number of nitrogens with zero attached hydrogens (tertiary/aromatic N) is 1. The van der Waals surface area contributed by atoms with Crippen molar-refractivity contribution in [3.63, 3.8) is 0 Å². The molecule has 88 valence electrons. The normalized spacial score (nSPS) is 30.4. The van der Waals surface area contributed by atoms with Gasteiger partial charge in [-0.25, -0.2) is 0 Å². The van der Waals surface area contributed by atoms with Gasteiger partial charge in [0.1, 0.15) is 0 Å². The molecule has 0 aromatic heterocycles. The Balaban J connectivity index is 1.61. The van der Waals surface area contributed by atoms with E-state index in [-0.39, 0.29) is 5.41 Å². The van der Waals surface area contributed by atoms with E-state index in [1.165, 1.54) is 38.8 Å². The summed E-state index contributed by atoms with van der Waals surface area (Å²) in [4.78, 5) is 2.43. The van der Waals surface area contributed by atoms with Crippen LogP contribution in [-0.2, 0) is 0 Å². The third kappa shape index (κ3) is 3.16. The van der Waals surface area contributed by atoms with Crippen molar-refractivity contribution in [3.05, 3.63) is 0 Å². The molecule has 1 atom stereocenters. The van der Waals surface area contributed by atoms with Crippen LogP contribution in [0.2, 0.25) is 0 Å². The van der Waals surface area contributed by atoms with Gasteiger partial charge in [0, 0.05) is 25.1 Å². The monoisotopic (exact) mass is 212 g/mol. The molecule has 15 heavy (non-hydrogen) atoms. The Morgan fingerprint density at radius 2 is 2.27 bits per heavy atom. The standard InChI is InChI=1S/C12H24N2O/c1-14-6-2-3-11(8-14)7-13-9-12(10-15)4-5-12/h11,13,15H,2-10H2,1H3. The van der Waals surface area contributed by atoms with Crippen LogP contribution in [0.15, 0.2) is 0 Å². The summed E-state index contributed by atoms with van der Waals surface area (Å²) in [6, 6.07) is 0. The molecule has 1 unspecified atom stereocenters. The van der Waals surface area contributed by atoms with Gasteiger partial charge in [-0.2, -0.15) is 0 Å². The lowest BCUT2D eigenvalue weighted by Crippen LogP contribution is -2.39. The largest absolute Gasteiger partial charge is 0.396 e. The van der Waals surface area contributed by atoms with E-state index in [2.05, 4.69) is 17.3 Å². The minimum Gasteiger partial charge on any atom is -0.396 e. The zero-order valence-electron chi connectivity index (χ0n) is 9.84. The van der Waals surface area contributed by atoms with Crippen molar-refractivity contribution in [3.8, 4) is 0 Å². The first-order chi connectivity index (χ1) is 7.24. The lowest BCUT2D eigenvalue weighted by Gasteiger charge is -2.30. The highest BCUT2D eigenvalue weighted by Gasteiger charge is 2.41. The number of hydrogen-bond acceptors (Lipinski definition) is 3. The maximum atomic E-state index is 9.19. The van der Waals surface area contributed by atoms with Crippen LogP contribution >= 0.6 is 0 Å². The Hall–Kier alpha value is -0.120. The predicted octanol–water partition coefficient (Wildman–Crippen LogP) is 0.690. The van der Waals surface area contributed by atoms with Crippen molar-refractivity contribution in [1.82, 2.24) is 10.2 Å². The van der Waals surface area contributed by atoms with Crippen molar-refractivity contribution < 1.29 is 5.11 Å². The van der Waals surface area contributed by atoms with Crippen molar-refractivity contribution in [1.29, 1.82) is 0 Å². The Bertz CT molecular complexity index is 204. The molecule has 0 aromatic rings. The summed E-state index contributed by atoms with van der Waals surface area (Å²) in [5, 5.41) is 12.7. The highest BCUT2D eigenvalue weighted by atomic mass is 16.3. The first kappa shape index (κ1) is 11.4. The number of nitrogens with one attached hydrogen (secondary N) is 1. The highest BCUT2D eigenvalue weighted by molar-refractivity contribution is 4.94. The molecule has 2 fully saturated rings. The van der Waals surface area contributed by atoms with Gasteiger partial charge >= 0.3 is 0 Å². The van der Waals surface area contributed by atoms with E-state index < -0.39 is 0 Å². The number of hydrogen-bond donors (Lipinski definition) is 2. The van der Waals surface area contributed by atoms with Crippen LogP contribution in [0.3, 0.4) is 0 Å². The van der Waals surface area contributed by atoms with Crippen LogP contribution in [0.4, 0.5) is 0 Å². The molecule has 1 heterocycles. The summed E-state index contributed by atoms with van der Waals surface area (Å²) in [6.45, 7) is 5.01. The molecule has 3 nitrogen and oxygen atoms in total. The molecule has 1 saturated heterocycles. The van der Waals surface area contributed by atoms with E-state index in [0.29, 0.717) is 6.61 Å². The van der Waals surface area contributed by atoms with Gasteiger partial charge in [0.2, 0.25) is 0 Å². The predicted molar refractivity (Wildman–Crippen MR) is 61.8 cm³/mol. The number of likely N-dealkylation sites (tertiary alicyclic amines) is 1. The number of aliphatic hydroxyl groups is 1. The molecule has 0 amide bonds. The van der Waals surface area contributed by atoms with E-state index in [4.69, 9.17) is 0 Å². The fourth-order valence-electron chi connectivity index (χ4n) is 2.55. The van der Waals surface area contributed by atoms with Crippen LogP contribution in [0, 0.1) is 11.3 Å². The molecular formula is C12H24N2O. The summed E-state index contributed by atoms with van der Waals surface area (Å²) in [7, 11) is 2.21. The lowest BCUT2D eigenvalue weighted by molar-refractivity contribution is 0.187. The SMILES string of the molecule is CN1CCCC(CNCC2(CO)CC2)C1. The van der Waals surface area contributed by atoms with Crippen LogP contribution in [-0.4, -0.2) is 49.8 Å². The topological polar surface area (TPSA) is 35.5 Å². The van der Waals surface area contributed by atoms with Gasteiger partial charge in [-0.05, 0) is 51.7 Å². The van der Waals surface area contributed by atoms with Gasteiger partial charge in [-0.1, -0.05) is 0 Å². The average molecular weight is 212 g/mol. The van der Waals surface area contributed by atoms with E-state index in [1.54, 1.807) is 0 Å². The third-order valence-corrected chi connectivity index (χ3v) is 3.95. The van der Waals surface area contributed by atoms with E-state index in [1.807, 2.05) is 0 Å². The molecule has 1 aliphatic carbocycles. The molecule has 0 bridgehead atoms. The Morgan fingerprint density at radius 3 is 2.87 bits per heavy atom. The summed E-state index contributed by atoms with van der Waals surface area (Å²) < 4.78 is 0. The molecule has 3 heteroatoms. The van der Waals surface area contributed by atoms with Crippen LogP contribution in [0.25, 0.3) is 0 Å². The summed E-state index contributed by atoms with van der Waals surface area (Å²) in [6.07, 6.45) is 5.12. The van der Waals surface area contributed by atoms with Crippen molar-refractivity contribution in [2.24, 2.45) is 11.3 Å². The van der Waals surface area contributed by atoms with Gasteiger partial charge in [-0.15, -0.1) is 0 Å². The average Bonchev–Trinajstić information content (AvgIpc) is 2.99. The maximum absolute atomic E-state index is 9.19. The molecule has 2 aliphatic rings. The van der Waals surface area contributed by atoms with E-state index >= 15 is 0 Å². The summed E-state index contributed by atoms with van der Waals surface area (Å²) in [5.74, 6) is 0.818. The van der Waals surface area contributed by atoms with Gasteiger partial charge in [0.05, 0.1) is 0 Å². The first-order valence-corrected chi connectivity index (χ1v) is 6.24. The van der Waals surface area contributed by atoms with Gasteiger partial charge < -0.3 is 15.3 Å². The van der Waals surface area contributed by atoms with E-state index in [0.717, 1.165) is 19.0 Å². The van der Waals surface area contributed by atoms with Crippen molar-refractivity contribution in [2.45, 2.75) is 25.7 Å². The zero-order chi connectivity index (χ0) is 10.7. The second-order valence-electron chi connectivity index (χ2n) is 5.56. The van der Waals surface area contributed by atoms with Crippen LogP contribution in [0.5, 0.6) is 0 Å². The molecule has 2 rings (SSSR count). The van der Waals surface area contributed by atoms with Crippen molar-refractivity contribution in [2.75, 3.05) is 39.8 Å². The third-order valence-electron chi connectivity index (χ3n) is 3.95. The number of rotatable bonds is 5. The first-order valence-electron chi connectivity index (χ1n) is 6.24. The molecular weight excluding hydrogens is 188 g/mol. The summed E-state index contributed by atoms with van der Waals surface area (Å²) >= 11 is 0. The second kappa shape index (κ2) is 4.81. The summed E-state index contributed by atoms with van der Waals surface area (Å²) in [5.41, 5.74) is 0.264. The molecule has 0 radical (unpaired) electrons. The number of piperidine rings is 1. The minimum absolute atomic E-state index is 0.264.